The first-order chi connectivity index (χ1) is 9.33. The normalized spacial score (nSPS) is 21.6. The topological polar surface area (TPSA) is 80.4 Å². The minimum absolute atomic E-state index is 0.00855. The Balaban J connectivity index is 2.28. The van der Waals surface area contributed by atoms with E-state index in [2.05, 4.69) is 11.8 Å². The summed E-state index contributed by atoms with van der Waals surface area (Å²) < 4.78 is -0.955. The molecule has 1 aliphatic heterocycles. The number of thioether (sulfide) groups is 1. The SMILES string of the molecule is CC1=C(O)C(C)(C#Cc2ccc([N+](=O)[O-])cc2)SC1=O. The number of non-ortho nitro benzene ring substituents is 1. The van der Waals surface area contributed by atoms with Crippen molar-refractivity contribution in [3.8, 4) is 11.8 Å². The second-order valence-corrected chi connectivity index (χ2v) is 5.84. The molecule has 1 aromatic rings. The molecule has 0 amide bonds. The largest absolute Gasteiger partial charge is 0.509 e. The third-order valence-corrected chi connectivity index (χ3v) is 4.13. The molecule has 1 aliphatic rings. The van der Waals surface area contributed by atoms with Crippen LogP contribution in [0.25, 0.3) is 0 Å². The standard InChI is InChI=1S/C14H11NO4S/c1-9-12(16)14(2,20-13(9)17)8-7-10-3-5-11(6-4-10)15(18)19/h3-6,16H,1-2H3. The van der Waals surface area contributed by atoms with Gasteiger partial charge in [0.25, 0.3) is 5.69 Å². The summed E-state index contributed by atoms with van der Waals surface area (Å²) in [5.74, 6) is 5.65. The maximum Gasteiger partial charge on any atom is 0.269 e. The fourth-order valence-electron chi connectivity index (χ4n) is 1.71. The monoisotopic (exact) mass is 289 g/mol. The van der Waals surface area contributed by atoms with Gasteiger partial charge in [0, 0.05) is 23.3 Å². The fourth-order valence-corrected chi connectivity index (χ4v) is 2.68. The second-order valence-electron chi connectivity index (χ2n) is 4.45. The van der Waals surface area contributed by atoms with Gasteiger partial charge in [-0.25, -0.2) is 0 Å². The Morgan fingerprint density at radius 2 is 1.95 bits per heavy atom. The third kappa shape index (κ3) is 2.53. The molecule has 0 saturated heterocycles. The molecule has 0 radical (unpaired) electrons. The minimum Gasteiger partial charge on any atom is -0.509 e. The van der Waals surface area contributed by atoms with Gasteiger partial charge in [-0.1, -0.05) is 23.6 Å². The highest BCUT2D eigenvalue weighted by Gasteiger charge is 2.40. The Kier molecular flexibility index (Phi) is 3.55. The van der Waals surface area contributed by atoms with E-state index in [1.54, 1.807) is 13.8 Å². The maximum atomic E-state index is 11.5. The molecule has 0 aromatic heterocycles. The number of aliphatic hydroxyl groups is 1. The number of hydrogen-bond donors (Lipinski definition) is 1. The van der Waals surface area contributed by atoms with Crippen LogP contribution in [-0.2, 0) is 4.79 Å². The first-order valence-corrected chi connectivity index (χ1v) is 6.56. The van der Waals surface area contributed by atoms with E-state index in [0.717, 1.165) is 11.8 Å². The molecule has 6 heteroatoms. The summed E-state index contributed by atoms with van der Waals surface area (Å²) in [5.41, 5.74) is 0.892. The molecule has 0 fully saturated rings. The maximum absolute atomic E-state index is 11.5. The van der Waals surface area contributed by atoms with Crippen molar-refractivity contribution < 1.29 is 14.8 Å². The quantitative estimate of drug-likeness (QED) is 0.488. The molecule has 0 saturated carbocycles. The van der Waals surface area contributed by atoms with Crippen LogP contribution in [0.1, 0.15) is 19.4 Å². The van der Waals surface area contributed by atoms with Gasteiger partial charge in [0.05, 0.1) is 4.92 Å². The molecule has 102 valence electrons. The Labute approximate surface area is 119 Å². The van der Waals surface area contributed by atoms with Gasteiger partial charge >= 0.3 is 0 Å². The van der Waals surface area contributed by atoms with Crippen LogP contribution in [0.4, 0.5) is 5.69 Å². The van der Waals surface area contributed by atoms with Crippen molar-refractivity contribution >= 4 is 22.6 Å². The smallest absolute Gasteiger partial charge is 0.269 e. The van der Waals surface area contributed by atoms with E-state index in [9.17, 15) is 20.0 Å². The zero-order chi connectivity index (χ0) is 14.9. The lowest BCUT2D eigenvalue weighted by molar-refractivity contribution is -0.384. The van der Waals surface area contributed by atoms with Gasteiger partial charge in [0.15, 0.2) is 0 Å². The molecule has 1 N–H and O–H groups in total. The number of nitro groups is 1. The number of nitrogens with zero attached hydrogens (tertiary/aromatic N) is 1. The number of hydrogen-bond acceptors (Lipinski definition) is 5. The highest BCUT2D eigenvalue weighted by atomic mass is 32.2. The van der Waals surface area contributed by atoms with Crippen LogP contribution in [-0.4, -0.2) is 19.9 Å². The fraction of sp³-hybridized carbons (Fsp3) is 0.214. The average Bonchev–Trinajstić information content (AvgIpc) is 2.61. The van der Waals surface area contributed by atoms with Crippen molar-refractivity contribution in [1.29, 1.82) is 0 Å². The van der Waals surface area contributed by atoms with E-state index in [1.165, 1.54) is 24.3 Å². The Bertz CT molecular complexity index is 681. The van der Waals surface area contributed by atoms with Gasteiger partial charge < -0.3 is 5.11 Å². The van der Waals surface area contributed by atoms with Crippen molar-refractivity contribution in [3.05, 3.63) is 51.3 Å². The molecule has 1 atom stereocenters. The van der Waals surface area contributed by atoms with E-state index in [-0.39, 0.29) is 16.6 Å². The van der Waals surface area contributed by atoms with Gasteiger partial charge in [0.1, 0.15) is 10.5 Å². The third-order valence-electron chi connectivity index (χ3n) is 2.93. The first kappa shape index (κ1) is 14.2. The molecular formula is C14H11NO4S. The molecule has 0 bridgehead atoms. The van der Waals surface area contributed by atoms with Crippen molar-refractivity contribution in [2.75, 3.05) is 0 Å². The number of rotatable bonds is 1. The van der Waals surface area contributed by atoms with Gasteiger partial charge in [0.2, 0.25) is 5.12 Å². The Hall–Kier alpha value is -2.26. The highest BCUT2D eigenvalue weighted by Crippen LogP contribution is 2.41. The highest BCUT2D eigenvalue weighted by molar-refractivity contribution is 8.16. The summed E-state index contributed by atoms with van der Waals surface area (Å²) in [4.78, 5) is 21.6. The number of aliphatic hydroxyl groups excluding tert-OH is 1. The summed E-state index contributed by atoms with van der Waals surface area (Å²) >= 11 is 0.967. The summed E-state index contributed by atoms with van der Waals surface area (Å²) in [6, 6.07) is 5.79. The molecule has 1 aromatic carbocycles. The lowest BCUT2D eigenvalue weighted by atomic mass is 10.1. The predicted octanol–water partition coefficient (Wildman–Crippen LogP) is 2.81. The van der Waals surface area contributed by atoms with E-state index in [1.807, 2.05) is 0 Å². The molecular weight excluding hydrogens is 278 g/mol. The van der Waals surface area contributed by atoms with Gasteiger partial charge in [-0.15, -0.1) is 0 Å². The molecule has 0 spiro atoms. The van der Waals surface area contributed by atoms with Crippen LogP contribution in [0.2, 0.25) is 0 Å². The summed E-state index contributed by atoms with van der Waals surface area (Å²) in [7, 11) is 0. The number of benzene rings is 1. The molecule has 20 heavy (non-hydrogen) atoms. The van der Waals surface area contributed by atoms with E-state index < -0.39 is 9.67 Å². The number of carbonyl (C=O) groups is 1. The zero-order valence-electron chi connectivity index (χ0n) is 10.8. The predicted molar refractivity (Wildman–Crippen MR) is 76.3 cm³/mol. The molecule has 1 unspecified atom stereocenters. The first-order valence-electron chi connectivity index (χ1n) is 5.75. The van der Waals surface area contributed by atoms with Crippen LogP contribution in [0, 0.1) is 22.0 Å². The lowest BCUT2D eigenvalue weighted by Crippen LogP contribution is -2.17. The van der Waals surface area contributed by atoms with Crippen LogP contribution in [0.15, 0.2) is 35.6 Å². The summed E-state index contributed by atoms with van der Waals surface area (Å²) in [6.07, 6.45) is 0. The van der Waals surface area contributed by atoms with Gasteiger partial charge in [-0.05, 0) is 26.0 Å². The van der Waals surface area contributed by atoms with Crippen LogP contribution < -0.4 is 0 Å². The summed E-state index contributed by atoms with van der Waals surface area (Å²) in [5, 5.41) is 20.3. The van der Waals surface area contributed by atoms with E-state index >= 15 is 0 Å². The Morgan fingerprint density at radius 3 is 2.40 bits per heavy atom. The van der Waals surface area contributed by atoms with Crippen molar-refractivity contribution in [3.63, 3.8) is 0 Å². The van der Waals surface area contributed by atoms with E-state index in [4.69, 9.17) is 0 Å². The van der Waals surface area contributed by atoms with E-state index in [0.29, 0.717) is 11.1 Å². The number of carbonyl (C=O) groups excluding carboxylic acids is 1. The van der Waals surface area contributed by atoms with Crippen molar-refractivity contribution in [2.24, 2.45) is 0 Å². The van der Waals surface area contributed by atoms with Crippen LogP contribution >= 0.6 is 11.8 Å². The molecule has 5 nitrogen and oxygen atoms in total. The van der Waals surface area contributed by atoms with Crippen LogP contribution in [0.5, 0.6) is 0 Å². The average molecular weight is 289 g/mol. The summed E-state index contributed by atoms with van der Waals surface area (Å²) in [6.45, 7) is 3.23. The molecule has 0 aliphatic carbocycles. The minimum atomic E-state index is -0.955. The van der Waals surface area contributed by atoms with Crippen molar-refractivity contribution in [2.45, 2.75) is 18.6 Å². The van der Waals surface area contributed by atoms with Gasteiger partial charge in [-0.3, -0.25) is 14.9 Å². The second kappa shape index (κ2) is 5.02. The number of nitro benzene ring substituents is 1. The Morgan fingerprint density at radius 1 is 1.35 bits per heavy atom. The van der Waals surface area contributed by atoms with Crippen LogP contribution in [0.3, 0.4) is 0 Å². The van der Waals surface area contributed by atoms with Crippen molar-refractivity contribution in [1.82, 2.24) is 0 Å². The zero-order valence-corrected chi connectivity index (χ0v) is 11.7. The molecule has 1 heterocycles. The van der Waals surface area contributed by atoms with Gasteiger partial charge in [-0.2, -0.15) is 0 Å². The lowest BCUT2D eigenvalue weighted by Gasteiger charge is -2.14. The molecule has 2 rings (SSSR count).